The number of nitrogens with one attached hydrogen (secondary N) is 1. The maximum atomic E-state index is 11.1. The van der Waals surface area contributed by atoms with E-state index in [2.05, 4.69) is 11.9 Å². The number of nitro groups is 1. The van der Waals surface area contributed by atoms with Gasteiger partial charge in [0.15, 0.2) is 0 Å². The van der Waals surface area contributed by atoms with Gasteiger partial charge in [0, 0.05) is 17.8 Å². The molecule has 0 aliphatic heterocycles. The van der Waals surface area contributed by atoms with Crippen LogP contribution < -0.4 is 10.1 Å². The maximum absolute atomic E-state index is 11.1. The molecule has 0 fully saturated rings. The van der Waals surface area contributed by atoms with Crippen LogP contribution in [-0.2, 0) is 0 Å². The van der Waals surface area contributed by atoms with E-state index in [-0.39, 0.29) is 11.4 Å². The van der Waals surface area contributed by atoms with Crippen LogP contribution >= 0.6 is 0 Å². The number of non-ortho nitro benzene ring substituents is 1. The molecule has 0 aromatic heterocycles. The summed E-state index contributed by atoms with van der Waals surface area (Å²) in [6.07, 6.45) is -0.679. The summed E-state index contributed by atoms with van der Waals surface area (Å²) in [5.74, 6) is 0.226. The van der Waals surface area contributed by atoms with Gasteiger partial charge in [0.1, 0.15) is 5.75 Å². The molecule has 0 bridgehead atoms. The number of nitrogens with zero attached hydrogens (tertiary/aromatic N) is 1. The normalized spacial score (nSPS) is 9.31. The van der Waals surface area contributed by atoms with Gasteiger partial charge in [-0.1, -0.05) is 6.58 Å². The first kappa shape index (κ1) is 11.7. The zero-order valence-electron chi connectivity index (χ0n) is 8.60. The molecule has 0 aliphatic rings. The molecule has 0 spiro atoms. The zero-order chi connectivity index (χ0) is 12.1. The van der Waals surface area contributed by atoms with Crippen molar-refractivity contribution in [3.05, 3.63) is 46.7 Å². The SMILES string of the molecule is C=C(C)NC(=O)Oc1ccc([N+](=O)[O-])cc1. The molecule has 1 aromatic carbocycles. The Morgan fingerprint density at radius 1 is 1.44 bits per heavy atom. The van der Waals surface area contributed by atoms with Crippen molar-refractivity contribution in [3.8, 4) is 5.75 Å². The van der Waals surface area contributed by atoms with Gasteiger partial charge in [-0.3, -0.25) is 15.4 Å². The molecule has 0 saturated heterocycles. The van der Waals surface area contributed by atoms with Gasteiger partial charge in [0.05, 0.1) is 4.92 Å². The van der Waals surface area contributed by atoms with Crippen molar-refractivity contribution in [2.24, 2.45) is 0 Å². The molecule has 1 amide bonds. The summed E-state index contributed by atoms with van der Waals surface area (Å²) in [5.41, 5.74) is 0.388. The third-order valence-electron chi connectivity index (χ3n) is 1.57. The molecule has 0 unspecified atom stereocenters. The summed E-state index contributed by atoms with van der Waals surface area (Å²) in [6.45, 7) is 5.08. The molecular weight excluding hydrogens is 212 g/mol. The Hall–Kier alpha value is -2.37. The Labute approximate surface area is 91.7 Å². The highest BCUT2D eigenvalue weighted by Gasteiger charge is 2.07. The number of allylic oxidation sites excluding steroid dienone is 1. The number of hydrogen-bond donors (Lipinski definition) is 1. The van der Waals surface area contributed by atoms with E-state index in [1.165, 1.54) is 24.3 Å². The van der Waals surface area contributed by atoms with Crippen LogP contribution in [0.2, 0.25) is 0 Å². The number of carbonyl (C=O) groups excluding carboxylic acids is 1. The molecule has 1 aromatic rings. The standard InChI is InChI=1S/C10H10N2O4/c1-7(2)11-10(13)16-9-5-3-8(4-6-9)12(14)15/h3-6H,1H2,2H3,(H,11,13). The Bertz CT molecular complexity index is 425. The summed E-state index contributed by atoms with van der Waals surface area (Å²) >= 11 is 0. The van der Waals surface area contributed by atoms with Crippen molar-refractivity contribution in [3.63, 3.8) is 0 Å². The molecule has 0 saturated carbocycles. The Balaban J connectivity index is 2.65. The molecule has 0 aliphatic carbocycles. The van der Waals surface area contributed by atoms with Crippen LogP contribution in [0.5, 0.6) is 5.75 Å². The van der Waals surface area contributed by atoms with Gasteiger partial charge in [0.25, 0.3) is 5.69 Å². The number of benzene rings is 1. The minimum atomic E-state index is -0.679. The van der Waals surface area contributed by atoms with Gasteiger partial charge < -0.3 is 4.74 Å². The van der Waals surface area contributed by atoms with Crippen LogP contribution in [0, 0.1) is 10.1 Å². The number of nitro benzene ring substituents is 1. The predicted molar refractivity (Wildman–Crippen MR) is 57.1 cm³/mol. The zero-order valence-corrected chi connectivity index (χ0v) is 8.60. The minimum absolute atomic E-state index is 0.0624. The average Bonchev–Trinajstić information content (AvgIpc) is 2.16. The van der Waals surface area contributed by atoms with E-state index in [9.17, 15) is 14.9 Å². The van der Waals surface area contributed by atoms with Crippen LogP contribution in [0.1, 0.15) is 6.92 Å². The smallest absolute Gasteiger partial charge is 0.410 e. The lowest BCUT2D eigenvalue weighted by Gasteiger charge is -2.04. The van der Waals surface area contributed by atoms with Gasteiger partial charge in [-0.25, -0.2) is 4.79 Å². The van der Waals surface area contributed by atoms with Crippen molar-refractivity contribution in [1.82, 2.24) is 5.32 Å². The first-order valence-electron chi connectivity index (χ1n) is 4.38. The minimum Gasteiger partial charge on any atom is -0.410 e. The van der Waals surface area contributed by atoms with Gasteiger partial charge in [0.2, 0.25) is 0 Å². The van der Waals surface area contributed by atoms with E-state index in [4.69, 9.17) is 4.74 Å². The van der Waals surface area contributed by atoms with Crippen LogP contribution in [0.15, 0.2) is 36.5 Å². The topological polar surface area (TPSA) is 81.5 Å². The van der Waals surface area contributed by atoms with E-state index in [1.807, 2.05) is 0 Å². The fourth-order valence-electron chi connectivity index (χ4n) is 0.943. The molecule has 0 heterocycles. The number of ether oxygens (including phenoxy) is 1. The molecule has 1 rings (SSSR count). The van der Waals surface area contributed by atoms with Crippen LogP contribution in [0.4, 0.5) is 10.5 Å². The monoisotopic (exact) mass is 222 g/mol. The molecule has 0 atom stereocenters. The van der Waals surface area contributed by atoms with Crippen LogP contribution in [-0.4, -0.2) is 11.0 Å². The third-order valence-corrected chi connectivity index (χ3v) is 1.57. The highest BCUT2D eigenvalue weighted by atomic mass is 16.6. The second-order valence-corrected chi connectivity index (χ2v) is 3.05. The van der Waals surface area contributed by atoms with Crippen molar-refractivity contribution in [2.75, 3.05) is 0 Å². The second kappa shape index (κ2) is 4.92. The number of amides is 1. The molecule has 1 N–H and O–H groups in total. The van der Waals surface area contributed by atoms with E-state index in [0.717, 1.165) is 0 Å². The lowest BCUT2D eigenvalue weighted by atomic mass is 10.3. The number of carbonyl (C=O) groups is 1. The Morgan fingerprint density at radius 2 is 2.00 bits per heavy atom. The second-order valence-electron chi connectivity index (χ2n) is 3.05. The van der Waals surface area contributed by atoms with Gasteiger partial charge >= 0.3 is 6.09 Å². The van der Waals surface area contributed by atoms with Crippen molar-refractivity contribution in [2.45, 2.75) is 6.92 Å². The first-order chi connectivity index (χ1) is 7.49. The van der Waals surface area contributed by atoms with Gasteiger partial charge in [-0.2, -0.15) is 0 Å². The highest BCUT2D eigenvalue weighted by molar-refractivity contribution is 5.72. The van der Waals surface area contributed by atoms with Gasteiger partial charge in [-0.15, -0.1) is 0 Å². The van der Waals surface area contributed by atoms with Gasteiger partial charge in [-0.05, 0) is 19.1 Å². The molecule has 6 nitrogen and oxygen atoms in total. The summed E-state index contributed by atoms with van der Waals surface area (Å²) < 4.78 is 4.83. The fourth-order valence-corrected chi connectivity index (χ4v) is 0.943. The van der Waals surface area contributed by atoms with E-state index in [1.54, 1.807) is 6.92 Å². The summed E-state index contributed by atoms with van der Waals surface area (Å²) in [5, 5.41) is 12.7. The molecule has 16 heavy (non-hydrogen) atoms. The quantitative estimate of drug-likeness (QED) is 0.627. The summed E-state index contributed by atoms with van der Waals surface area (Å²) in [7, 11) is 0. The fraction of sp³-hybridized carbons (Fsp3) is 0.100. The lowest BCUT2D eigenvalue weighted by molar-refractivity contribution is -0.384. The molecular formula is C10H10N2O4. The average molecular weight is 222 g/mol. The van der Waals surface area contributed by atoms with Crippen molar-refractivity contribution < 1.29 is 14.5 Å². The third kappa shape index (κ3) is 3.41. The highest BCUT2D eigenvalue weighted by Crippen LogP contribution is 2.17. The molecule has 6 heteroatoms. The lowest BCUT2D eigenvalue weighted by Crippen LogP contribution is -2.24. The van der Waals surface area contributed by atoms with E-state index < -0.39 is 11.0 Å². The van der Waals surface area contributed by atoms with Crippen molar-refractivity contribution in [1.29, 1.82) is 0 Å². The van der Waals surface area contributed by atoms with Crippen LogP contribution in [0.3, 0.4) is 0 Å². The Kier molecular flexibility index (Phi) is 3.60. The summed E-state index contributed by atoms with van der Waals surface area (Å²) in [6, 6.07) is 5.19. The Morgan fingerprint density at radius 3 is 2.44 bits per heavy atom. The van der Waals surface area contributed by atoms with Crippen molar-refractivity contribution >= 4 is 11.8 Å². The maximum Gasteiger partial charge on any atom is 0.416 e. The summed E-state index contributed by atoms with van der Waals surface area (Å²) in [4.78, 5) is 20.9. The molecule has 0 radical (unpaired) electrons. The largest absolute Gasteiger partial charge is 0.416 e. The van der Waals surface area contributed by atoms with E-state index >= 15 is 0 Å². The predicted octanol–water partition coefficient (Wildman–Crippen LogP) is 2.22. The number of hydrogen-bond acceptors (Lipinski definition) is 4. The van der Waals surface area contributed by atoms with E-state index in [0.29, 0.717) is 5.70 Å². The van der Waals surface area contributed by atoms with Crippen LogP contribution in [0.25, 0.3) is 0 Å². The number of rotatable bonds is 3. The first-order valence-corrected chi connectivity index (χ1v) is 4.38. The molecule has 84 valence electrons.